The molecule has 0 aromatic heterocycles. The number of benzene rings is 2. The molecule has 2 aromatic rings. The number of aryl methyl sites for hydroxylation is 3. The lowest BCUT2D eigenvalue weighted by Crippen LogP contribution is -2.36. The maximum Gasteiger partial charge on any atom is 0.258 e. The Labute approximate surface area is 138 Å². The fourth-order valence-electron chi connectivity index (χ4n) is 2.37. The molecule has 1 N–H and O–H groups in total. The molecule has 0 heterocycles. The van der Waals surface area contributed by atoms with Crippen LogP contribution in [0.3, 0.4) is 0 Å². The monoisotopic (exact) mass is 311 g/mol. The highest BCUT2D eigenvalue weighted by Crippen LogP contribution is 2.16. The molecule has 1 amide bonds. The van der Waals surface area contributed by atoms with Crippen molar-refractivity contribution >= 4 is 5.91 Å². The van der Waals surface area contributed by atoms with Gasteiger partial charge in [-0.25, -0.2) is 0 Å². The van der Waals surface area contributed by atoms with Crippen molar-refractivity contribution in [2.24, 2.45) is 0 Å². The van der Waals surface area contributed by atoms with E-state index >= 15 is 0 Å². The van der Waals surface area contributed by atoms with Gasteiger partial charge in [-0.1, -0.05) is 36.4 Å². The lowest BCUT2D eigenvalue weighted by atomic mass is 10.1. The van der Waals surface area contributed by atoms with Crippen molar-refractivity contribution in [2.75, 3.05) is 6.61 Å². The van der Waals surface area contributed by atoms with Crippen LogP contribution >= 0.6 is 0 Å². The molecule has 0 spiro atoms. The summed E-state index contributed by atoms with van der Waals surface area (Å²) < 4.78 is 5.56. The number of ether oxygens (including phenoxy) is 1. The molecule has 0 aliphatic rings. The van der Waals surface area contributed by atoms with Crippen molar-refractivity contribution in [1.82, 2.24) is 5.32 Å². The lowest BCUT2D eigenvalue weighted by molar-refractivity contribution is -0.123. The molecule has 0 fully saturated rings. The Morgan fingerprint density at radius 1 is 1.09 bits per heavy atom. The van der Waals surface area contributed by atoms with Crippen molar-refractivity contribution in [1.29, 1.82) is 0 Å². The van der Waals surface area contributed by atoms with E-state index in [0.717, 1.165) is 18.6 Å². The highest BCUT2D eigenvalue weighted by Gasteiger charge is 2.08. The molecule has 0 radical (unpaired) electrons. The molecule has 0 aliphatic carbocycles. The van der Waals surface area contributed by atoms with Crippen molar-refractivity contribution in [3.63, 3.8) is 0 Å². The fraction of sp³-hybridized carbons (Fsp3) is 0.350. The highest BCUT2D eigenvalue weighted by atomic mass is 16.5. The first-order chi connectivity index (χ1) is 11.0. The van der Waals surface area contributed by atoms with E-state index in [-0.39, 0.29) is 18.6 Å². The summed E-state index contributed by atoms with van der Waals surface area (Å²) in [5.41, 5.74) is 3.68. The van der Waals surface area contributed by atoms with Gasteiger partial charge in [-0.3, -0.25) is 4.79 Å². The third-order valence-corrected chi connectivity index (χ3v) is 3.96. The molecule has 0 bridgehead atoms. The van der Waals surface area contributed by atoms with Crippen molar-refractivity contribution in [3.05, 3.63) is 65.2 Å². The fourth-order valence-corrected chi connectivity index (χ4v) is 2.37. The van der Waals surface area contributed by atoms with E-state index in [0.29, 0.717) is 0 Å². The van der Waals surface area contributed by atoms with Gasteiger partial charge in [0.05, 0.1) is 0 Å². The van der Waals surface area contributed by atoms with Crippen molar-refractivity contribution < 1.29 is 9.53 Å². The molecule has 122 valence electrons. The van der Waals surface area contributed by atoms with Gasteiger partial charge in [-0.05, 0) is 62.4 Å². The van der Waals surface area contributed by atoms with Crippen LogP contribution in [0.15, 0.2) is 48.5 Å². The Morgan fingerprint density at radius 2 is 1.83 bits per heavy atom. The molecular weight excluding hydrogens is 286 g/mol. The molecule has 0 aliphatic heterocycles. The summed E-state index contributed by atoms with van der Waals surface area (Å²) >= 11 is 0. The van der Waals surface area contributed by atoms with Crippen LogP contribution < -0.4 is 10.1 Å². The van der Waals surface area contributed by atoms with Crippen LogP contribution in [0.5, 0.6) is 5.75 Å². The van der Waals surface area contributed by atoms with Gasteiger partial charge in [0.1, 0.15) is 5.75 Å². The smallest absolute Gasteiger partial charge is 0.258 e. The highest BCUT2D eigenvalue weighted by molar-refractivity contribution is 5.77. The van der Waals surface area contributed by atoms with Gasteiger partial charge in [0, 0.05) is 6.04 Å². The van der Waals surface area contributed by atoms with Crippen LogP contribution in [0.4, 0.5) is 0 Å². The van der Waals surface area contributed by atoms with Crippen LogP contribution in [0.2, 0.25) is 0 Å². The molecule has 3 heteroatoms. The van der Waals surface area contributed by atoms with Gasteiger partial charge in [0.15, 0.2) is 6.61 Å². The number of carbonyl (C=O) groups excluding carboxylic acids is 1. The second-order valence-corrected chi connectivity index (χ2v) is 6.03. The Bertz CT molecular complexity index is 637. The normalized spacial score (nSPS) is 11.8. The van der Waals surface area contributed by atoms with Crippen molar-refractivity contribution in [2.45, 2.75) is 39.7 Å². The van der Waals surface area contributed by atoms with Gasteiger partial charge in [-0.2, -0.15) is 0 Å². The first-order valence-corrected chi connectivity index (χ1v) is 8.08. The number of amides is 1. The average molecular weight is 311 g/mol. The minimum Gasteiger partial charge on any atom is -0.484 e. The topological polar surface area (TPSA) is 38.3 Å². The Morgan fingerprint density at radius 3 is 2.52 bits per heavy atom. The van der Waals surface area contributed by atoms with Gasteiger partial charge in [0.2, 0.25) is 0 Å². The number of nitrogens with one attached hydrogen (secondary N) is 1. The van der Waals surface area contributed by atoms with E-state index in [1.165, 1.54) is 16.7 Å². The van der Waals surface area contributed by atoms with Gasteiger partial charge < -0.3 is 10.1 Å². The third kappa shape index (κ3) is 5.78. The molecule has 1 atom stereocenters. The minimum absolute atomic E-state index is 0.0537. The zero-order valence-electron chi connectivity index (χ0n) is 14.1. The van der Waals surface area contributed by atoms with Gasteiger partial charge in [-0.15, -0.1) is 0 Å². The van der Waals surface area contributed by atoms with E-state index in [1.54, 1.807) is 0 Å². The predicted octanol–water partition coefficient (Wildman–Crippen LogP) is 3.82. The van der Waals surface area contributed by atoms with Gasteiger partial charge >= 0.3 is 0 Å². The largest absolute Gasteiger partial charge is 0.484 e. The number of rotatable bonds is 7. The van der Waals surface area contributed by atoms with E-state index in [2.05, 4.69) is 24.4 Å². The summed E-state index contributed by atoms with van der Waals surface area (Å²) in [6.45, 7) is 6.17. The summed E-state index contributed by atoms with van der Waals surface area (Å²) in [7, 11) is 0. The molecule has 2 aromatic carbocycles. The summed E-state index contributed by atoms with van der Waals surface area (Å²) in [6, 6.07) is 16.3. The lowest BCUT2D eigenvalue weighted by Gasteiger charge is -2.14. The van der Waals surface area contributed by atoms with Crippen LogP contribution in [0, 0.1) is 13.8 Å². The maximum absolute atomic E-state index is 12.0. The molecule has 3 nitrogen and oxygen atoms in total. The minimum atomic E-state index is -0.0798. The Hall–Kier alpha value is -2.29. The maximum atomic E-state index is 12.0. The second-order valence-electron chi connectivity index (χ2n) is 6.03. The zero-order valence-corrected chi connectivity index (χ0v) is 14.1. The summed E-state index contributed by atoms with van der Waals surface area (Å²) in [5, 5.41) is 2.98. The number of carbonyl (C=O) groups is 1. The summed E-state index contributed by atoms with van der Waals surface area (Å²) in [6.07, 6.45) is 1.87. The molecule has 0 saturated carbocycles. The standard InChI is InChI=1S/C20H25NO2/c1-15-9-12-19(13-16(15)2)23-14-20(22)21-17(3)10-11-18-7-5-4-6-8-18/h4-9,12-13,17H,10-11,14H2,1-3H3,(H,21,22). The quantitative estimate of drug-likeness (QED) is 0.844. The second kappa shape index (κ2) is 8.37. The molecule has 2 rings (SSSR count). The van der Waals surface area contributed by atoms with Crippen LogP contribution in [-0.4, -0.2) is 18.6 Å². The first kappa shape index (κ1) is 17.1. The zero-order chi connectivity index (χ0) is 16.7. The molecule has 23 heavy (non-hydrogen) atoms. The first-order valence-electron chi connectivity index (χ1n) is 8.08. The Kier molecular flexibility index (Phi) is 6.21. The van der Waals surface area contributed by atoms with Crippen LogP contribution in [-0.2, 0) is 11.2 Å². The third-order valence-electron chi connectivity index (χ3n) is 3.96. The van der Waals surface area contributed by atoms with E-state index in [4.69, 9.17) is 4.74 Å². The van der Waals surface area contributed by atoms with E-state index in [9.17, 15) is 4.79 Å². The number of hydrogen-bond donors (Lipinski definition) is 1. The average Bonchev–Trinajstić information content (AvgIpc) is 2.55. The molecular formula is C20H25NO2. The SMILES string of the molecule is Cc1ccc(OCC(=O)NC(C)CCc2ccccc2)cc1C. The van der Waals surface area contributed by atoms with Gasteiger partial charge in [0.25, 0.3) is 5.91 Å². The van der Waals surface area contributed by atoms with Crippen LogP contribution in [0.25, 0.3) is 0 Å². The molecule has 1 unspecified atom stereocenters. The van der Waals surface area contributed by atoms with Crippen LogP contribution in [0.1, 0.15) is 30.0 Å². The summed E-state index contributed by atoms with van der Waals surface area (Å²) in [4.78, 5) is 12.0. The Balaban J connectivity index is 1.72. The van der Waals surface area contributed by atoms with E-state index < -0.39 is 0 Å². The predicted molar refractivity (Wildman–Crippen MR) is 93.8 cm³/mol. The summed E-state index contributed by atoms with van der Waals surface area (Å²) in [5.74, 6) is 0.656. The number of hydrogen-bond acceptors (Lipinski definition) is 2. The van der Waals surface area contributed by atoms with E-state index in [1.807, 2.05) is 50.2 Å². The molecule has 0 saturated heterocycles. The van der Waals surface area contributed by atoms with Crippen molar-refractivity contribution in [3.8, 4) is 5.75 Å².